The van der Waals surface area contributed by atoms with Crippen LogP contribution in [0.2, 0.25) is 0 Å². The molecule has 6 heteroatoms. The molecule has 0 bridgehead atoms. The van der Waals surface area contributed by atoms with Gasteiger partial charge in [0.25, 0.3) is 0 Å². The molecular formula is C25H32FN3O2. The fourth-order valence-electron chi connectivity index (χ4n) is 3.91. The van der Waals surface area contributed by atoms with Gasteiger partial charge in [0, 0.05) is 31.9 Å². The zero-order valence-electron chi connectivity index (χ0n) is 18.3. The van der Waals surface area contributed by atoms with Crippen molar-refractivity contribution < 1.29 is 14.0 Å². The minimum absolute atomic E-state index is 0.0118. The van der Waals surface area contributed by atoms with Crippen molar-refractivity contribution >= 4 is 17.5 Å². The first kappa shape index (κ1) is 22.9. The maximum atomic E-state index is 13.2. The summed E-state index contributed by atoms with van der Waals surface area (Å²) in [4.78, 5) is 27.9. The molecule has 166 valence electrons. The third-order valence-electron chi connectivity index (χ3n) is 5.62. The van der Waals surface area contributed by atoms with Crippen molar-refractivity contribution in [2.45, 2.75) is 26.7 Å². The van der Waals surface area contributed by atoms with Crippen LogP contribution in [0.3, 0.4) is 0 Å². The minimum Gasteiger partial charge on any atom is -0.356 e. The number of hydrogen-bond acceptors (Lipinski definition) is 3. The fourth-order valence-corrected chi connectivity index (χ4v) is 3.91. The Bertz CT molecular complexity index is 855. The van der Waals surface area contributed by atoms with E-state index < -0.39 is 0 Å². The van der Waals surface area contributed by atoms with Crippen LogP contribution >= 0.6 is 0 Å². The van der Waals surface area contributed by atoms with Gasteiger partial charge in [-0.05, 0) is 48.6 Å². The van der Waals surface area contributed by atoms with E-state index in [0.717, 1.165) is 13.0 Å². The van der Waals surface area contributed by atoms with Gasteiger partial charge in [0.05, 0.1) is 11.8 Å². The predicted octanol–water partition coefficient (Wildman–Crippen LogP) is 3.72. The van der Waals surface area contributed by atoms with Crippen molar-refractivity contribution in [2.24, 2.45) is 17.8 Å². The van der Waals surface area contributed by atoms with Crippen molar-refractivity contribution in [2.75, 3.05) is 31.5 Å². The van der Waals surface area contributed by atoms with E-state index in [-0.39, 0.29) is 29.5 Å². The van der Waals surface area contributed by atoms with E-state index in [2.05, 4.69) is 41.5 Å². The molecule has 0 radical (unpaired) electrons. The largest absolute Gasteiger partial charge is 0.356 e. The molecule has 2 atom stereocenters. The molecule has 1 saturated heterocycles. The van der Waals surface area contributed by atoms with Crippen LogP contribution in [0.5, 0.6) is 0 Å². The second-order valence-electron chi connectivity index (χ2n) is 8.76. The number of likely N-dealkylation sites (tertiary alicyclic amines) is 1. The third-order valence-corrected chi connectivity index (χ3v) is 5.62. The second-order valence-corrected chi connectivity index (χ2v) is 8.76. The number of carbonyl (C=O) groups is 2. The molecule has 2 aromatic rings. The van der Waals surface area contributed by atoms with Crippen LogP contribution in [-0.2, 0) is 16.0 Å². The Labute approximate surface area is 184 Å². The number of nitrogens with zero attached hydrogens (tertiary/aromatic N) is 1. The van der Waals surface area contributed by atoms with Crippen LogP contribution < -0.4 is 10.6 Å². The highest BCUT2D eigenvalue weighted by molar-refractivity contribution is 5.93. The van der Waals surface area contributed by atoms with Gasteiger partial charge in [-0.1, -0.05) is 44.2 Å². The summed E-state index contributed by atoms with van der Waals surface area (Å²) >= 11 is 0. The summed E-state index contributed by atoms with van der Waals surface area (Å²) in [6.07, 6.45) is 1.38. The first-order chi connectivity index (χ1) is 14.9. The molecule has 1 aliphatic heterocycles. The Kier molecular flexibility index (Phi) is 8.18. The standard InChI is InChI=1S/C25H32FN3O2/c1-18(2)15-27-24(30)20-14-21(25(31)28-23-10-8-22(26)9-11-23)17-29(16-20)13-12-19-6-4-3-5-7-19/h3-11,18,20-21H,12-17H2,1-2H3,(H,27,30)(H,28,31)/t20-,21+/m0/s1. The SMILES string of the molecule is CC(C)CNC(=O)[C@H]1C[C@@H](C(=O)Nc2ccc(F)cc2)CN(CCc2ccccc2)C1. The smallest absolute Gasteiger partial charge is 0.228 e. The van der Waals surface area contributed by atoms with Gasteiger partial charge in [0.15, 0.2) is 0 Å². The van der Waals surface area contributed by atoms with Crippen molar-refractivity contribution in [3.63, 3.8) is 0 Å². The first-order valence-electron chi connectivity index (χ1n) is 11.0. The molecule has 2 N–H and O–H groups in total. The molecule has 31 heavy (non-hydrogen) atoms. The van der Waals surface area contributed by atoms with Crippen LogP contribution in [0.15, 0.2) is 54.6 Å². The number of carbonyl (C=O) groups excluding carboxylic acids is 2. The molecule has 0 aliphatic carbocycles. The van der Waals surface area contributed by atoms with Gasteiger partial charge in [-0.15, -0.1) is 0 Å². The lowest BCUT2D eigenvalue weighted by Crippen LogP contribution is -2.50. The topological polar surface area (TPSA) is 61.4 Å². The van der Waals surface area contributed by atoms with Gasteiger partial charge < -0.3 is 15.5 Å². The zero-order chi connectivity index (χ0) is 22.2. The number of hydrogen-bond donors (Lipinski definition) is 2. The average molecular weight is 426 g/mol. The lowest BCUT2D eigenvalue weighted by molar-refractivity contribution is -0.130. The van der Waals surface area contributed by atoms with Gasteiger partial charge in [-0.25, -0.2) is 4.39 Å². The number of benzene rings is 2. The zero-order valence-corrected chi connectivity index (χ0v) is 18.3. The van der Waals surface area contributed by atoms with E-state index in [9.17, 15) is 14.0 Å². The van der Waals surface area contributed by atoms with E-state index in [0.29, 0.717) is 37.7 Å². The van der Waals surface area contributed by atoms with Crippen LogP contribution in [0.1, 0.15) is 25.8 Å². The summed E-state index contributed by atoms with van der Waals surface area (Å²) in [5.74, 6) is -0.615. The van der Waals surface area contributed by atoms with Crippen molar-refractivity contribution in [1.82, 2.24) is 10.2 Å². The Balaban J connectivity index is 1.66. The van der Waals surface area contributed by atoms with E-state index in [1.54, 1.807) is 12.1 Å². The number of halogens is 1. The fraction of sp³-hybridized carbons (Fsp3) is 0.440. The second kappa shape index (κ2) is 11.0. The molecule has 0 saturated carbocycles. The van der Waals surface area contributed by atoms with E-state index in [1.807, 2.05) is 18.2 Å². The van der Waals surface area contributed by atoms with Crippen LogP contribution in [0.4, 0.5) is 10.1 Å². The summed E-state index contributed by atoms with van der Waals surface area (Å²) in [5, 5.41) is 5.90. The van der Waals surface area contributed by atoms with Crippen LogP contribution in [-0.4, -0.2) is 42.9 Å². The summed E-state index contributed by atoms with van der Waals surface area (Å²) in [5.41, 5.74) is 1.80. The summed E-state index contributed by atoms with van der Waals surface area (Å²) in [6.45, 7) is 6.80. The van der Waals surface area contributed by atoms with E-state index in [1.165, 1.54) is 17.7 Å². The van der Waals surface area contributed by atoms with Gasteiger partial charge in [-0.2, -0.15) is 0 Å². The third kappa shape index (κ3) is 7.17. The van der Waals surface area contributed by atoms with Crippen LogP contribution in [0, 0.1) is 23.6 Å². The Morgan fingerprint density at radius 2 is 1.65 bits per heavy atom. The maximum absolute atomic E-state index is 13.2. The van der Waals surface area contributed by atoms with Crippen molar-refractivity contribution in [3.05, 3.63) is 66.0 Å². The van der Waals surface area contributed by atoms with Crippen LogP contribution in [0.25, 0.3) is 0 Å². The Morgan fingerprint density at radius 3 is 2.29 bits per heavy atom. The summed E-state index contributed by atoms with van der Waals surface area (Å²) in [7, 11) is 0. The number of amides is 2. The molecule has 2 aromatic carbocycles. The summed E-state index contributed by atoms with van der Waals surface area (Å²) < 4.78 is 13.2. The molecule has 2 amide bonds. The highest BCUT2D eigenvalue weighted by Crippen LogP contribution is 2.24. The van der Waals surface area contributed by atoms with Gasteiger partial charge in [0.1, 0.15) is 5.82 Å². The highest BCUT2D eigenvalue weighted by atomic mass is 19.1. The molecule has 1 aliphatic rings. The number of piperidine rings is 1. The molecule has 1 heterocycles. The molecule has 1 fully saturated rings. The molecule has 0 spiro atoms. The van der Waals surface area contributed by atoms with Gasteiger partial charge >= 0.3 is 0 Å². The first-order valence-corrected chi connectivity index (χ1v) is 11.0. The van der Waals surface area contributed by atoms with Crippen molar-refractivity contribution in [1.29, 1.82) is 0 Å². The highest BCUT2D eigenvalue weighted by Gasteiger charge is 2.35. The Morgan fingerprint density at radius 1 is 1.00 bits per heavy atom. The molecule has 0 aromatic heterocycles. The number of anilines is 1. The summed E-state index contributed by atoms with van der Waals surface area (Å²) in [6, 6.07) is 16.0. The van der Waals surface area contributed by atoms with Gasteiger partial charge in [-0.3, -0.25) is 9.59 Å². The van der Waals surface area contributed by atoms with E-state index in [4.69, 9.17) is 0 Å². The van der Waals surface area contributed by atoms with Gasteiger partial charge in [0.2, 0.25) is 11.8 Å². The minimum atomic E-state index is -0.343. The lowest BCUT2D eigenvalue weighted by atomic mass is 9.87. The average Bonchev–Trinajstić information content (AvgIpc) is 2.78. The predicted molar refractivity (Wildman–Crippen MR) is 121 cm³/mol. The number of rotatable bonds is 8. The van der Waals surface area contributed by atoms with E-state index >= 15 is 0 Å². The lowest BCUT2D eigenvalue weighted by Gasteiger charge is -2.36. The monoisotopic (exact) mass is 425 g/mol. The Hall–Kier alpha value is -2.73. The quantitative estimate of drug-likeness (QED) is 0.678. The maximum Gasteiger partial charge on any atom is 0.228 e. The number of nitrogens with one attached hydrogen (secondary N) is 2. The molecule has 5 nitrogen and oxygen atoms in total. The molecule has 0 unspecified atom stereocenters. The molecular weight excluding hydrogens is 393 g/mol. The normalized spacial score (nSPS) is 19.2. The molecule has 3 rings (SSSR count). The van der Waals surface area contributed by atoms with Crippen molar-refractivity contribution in [3.8, 4) is 0 Å².